The van der Waals surface area contributed by atoms with Crippen molar-refractivity contribution in [2.24, 2.45) is 0 Å². The summed E-state index contributed by atoms with van der Waals surface area (Å²) in [4.78, 5) is 18.6. The molecule has 0 fully saturated rings. The number of hydrogen-bond acceptors (Lipinski definition) is 4. The molecule has 0 aliphatic rings. The van der Waals surface area contributed by atoms with Crippen molar-refractivity contribution in [1.29, 1.82) is 0 Å². The van der Waals surface area contributed by atoms with Gasteiger partial charge in [-0.25, -0.2) is 9.67 Å². The quantitative estimate of drug-likeness (QED) is 0.480. The highest BCUT2D eigenvalue weighted by Gasteiger charge is 2.16. The molecule has 6 heteroatoms. The summed E-state index contributed by atoms with van der Waals surface area (Å²) in [5.74, 6) is 0.288. The lowest BCUT2D eigenvalue weighted by atomic mass is 10.2. The summed E-state index contributed by atoms with van der Waals surface area (Å²) >= 11 is 0. The molecule has 4 rings (SSSR count). The summed E-state index contributed by atoms with van der Waals surface area (Å²) < 4.78 is 7.54. The van der Waals surface area contributed by atoms with E-state index >= 15 is 0 Å². The molecule has 1 amide bonds. The zero-order valence-electron chi connectivity index (χ0n) is 16.7. The zero-order chi connectivity index (χ0) is 20.4. The van der Waals surface area contributed by atoms with Crippen LogP contribution in [0, 0.1) is 13.8 Å². The maximum Gasteiger partial charge on any atom is 0.246 e. The maximum atomic E-state index is 12.6. The Bertz CT molecular complexity index is 1160. The largest absolute Gasteiger partial charge is 0.437 e. The van der Waals surface area contributed by atoms with Crippen molar-refractivity contribution in [2.75, 3.05) is 7.05 Å². The van der Waals surface area contributed by atoms with Gasteiger partial charge in [-0.05, 0) is 38.1 Å². The van der Waals surface area contributed by atoms with E-state index in [-0.39, 0.29) is 5.91 Å². The number of rotatable bonds is 5. The Kier molecular flexibility index (Phi) is 4.99. The van der Waals surface area contributed by atoms with Gasteiger partial charge in [0.2, 0.25) is 11.8 Å². The molecule has 29 heavy (non-hydrogen) atoms. The van der Waals surface area contributed by atoms with Gasteiger partial charge in [0, 0.05) is 37.0 Å². The van der Waals surface area contributed by atoms with Crippen molar-refractivity contribution in [2.45, 2.75) is 20.4 Å². The van der Waals surface area contributed by atoms with Crippen LogP contribution in [0.3, 0.4) is 0 Å². The van der Waals surface area contributed by atoms with E-state index in [9.17, 15) is 4.79 Å². The van der Waals surface area contributed by atoms with Crippen molar-refractivity contribution in [3.63, 3.8) is 0 Å². The third-order valence-corrected chi connectivity index (χ3v) is 4.89. The Balaban J connectivity index is 1.49. The first-order chi connectivity index (χ1) is 14.0. The second-order valence-electron chi connectivity index (χ2n) is 6.94. The van der Waals surface area contributed by atoms with Crippen LogP contribution in [0.5, 0.6) is 0 Å². The van der Waals surface area contributed by atoms with Crippen LogP contribution < -0.4 is 0 Å². The fraction of sp³-hybridized carbons (Fsp3) is 0.174. The summed E-state index contributed by atoms with van der Waals surface area (Å²) in [6.45, 7) is 4.46. The molecule has 0 spiro atoms. The Labute approximate surface area is 169 Å². The number of likely N-dealkylation sites (N-methyl/N-ethyl adjacent to an activating group) is 1. The van der Waals surface area contributed by atoms with E-state index in [4.69, 9.17) is 4.42 Å². The second kappa shape index (κ2) is 7.75. The van der Waals surface area contributed by atoms with Crippen LogP contribution in [0.15, 0.2) is 65.1 Å². The molecule has 0 aliphatic carbocycles. The van der Waals surface area contributed by atoms with Gasteiger partial charge in [-0.2, -0.15) is 5.10 Å². The van der Waals surface area contributed by atoms with Crippen LogP contribution in [-0.4, -0.2) is 32.6 Å². The topological polar surface area (TPSA) is 64.2 Å². The van der Waals surface area contributed by atoms with Crippen molar-refractivity contribution >= 4 is 23.1 Å². The van der Waals surface area contributed by atoms with Crippen LogP contribution in [0.2, 0.25) is 0 Å². The first-order valence-electron chi connectivity index (χ1n) is 9.42. The summed E-state index contributed by atoms with van der Waals surface area (Å²) in [5.41, 5.74) is 5.45. The predicted molar refractivity (Wildman–Crippen MR) is 113 cm³/mol. The molecular weight excluding hydrogens is 364 g/mol. The molecule has 0 saturated carbocycles. The molecule has 0 N–H and O–H groups in total. The number of aryl methyl sites for hydroxylation is 1. The molecule has 0 bridgehead atoms. The van der Waals surface area contributed by atoms with Crippen LogP contribution in [0.4, 0.5) is 0 Å². The molecule has 2 heterocycles. The van der Waals surface area contributed by atoms with Gasteiger partial charge < -0.3 is 9.32 Å². The second-order valence-corrected chi connectivity index (χ2v) is 6.94. The molecule has 146 valence electrons. The zero-order valence-corrected chi connectivity index (χ0v) is 16.7. The molecule has 0 unspecified atom stereocenters. The van der Waals surface area contributed by atoms with Crippen molar-refractivity contribution in [1.82, 2.24) is 19.7 Å². The molecule has 4 aromatic rings. The average molecular weight is 386 g/mol. The predicted octanol–water partition coefficient (Wildman–Crippen LogP) is 4.30. The minimum absolute atomic E-state index is 0.126. The van der Waals surface area contributed by atoms with Crippen molar-refractivity contribution < 1.29 is 9.21 Å². The number of carbonyl (C=O) groups is 1. The molecule has 0 atom stereocenters. The van der Waals surface area contributed by atoms with Gasteiger partial charge in [-0.15, -0.1) is 0 Å². The van der Waals surface area contributed by atoms with Crippen LogP contribution >= 0.6 is 0 Å². The van der Waals surface area contributed by atoms with Gasteiger partial charge in [0.1, 0.15) is 5.52 Å². The number of aromatic nitrogens is 3. The van der Waals surface area contributed by atoms with Gasteiger partial charge in [-0.1, -0.05) is 30.3 Å². The van der Waals surface area contributed by atoms with Crippen LogP contribution in [0.25, 0.3) is 22.9 Å². The Morgan fingerprint density at radius 3 is 2.59 bits per heavy atom. The summed E-state index contributed by atoms with van der Waals surface area (Å²) in [5, 5.41) is 4.65. The SMILES string of the molecule is Cc1nn(-c2ccccc2)c(C)c1CN(C)C(=O)/C=C/c1nc2ccccc2o1. The Hall–Kier alpha value is -3.67. The highest BCUT2D eigenvalue weighted by atomic mass is 16.3. The molecule has 0 aliphatic heterocycles. The number of oxazole rings is 1. The first kappa shape index (κ1) is 18.7. The minimum Gasteiger partial charge on any atom is -0.437 e. The number of nitrogens with zero attached hydrogens (tertiary/aromatic N) is 4. The number of fused-ring (bicyclic) bond motifs is 1. The van der Waals surface area contributed by atoms with Gasteiger partial charge in [0.15, 0.2) is 5.58 Å². The smallest absolute Gasteiger partial charge is 0.246 e. The summed E-state index contributed by atoms with van der Waals surface area (Å²) in [7, 11) is 1.78. The van der Waals surface area contributed by atoms with E-state index < -0.39 is 0 Å². The molecule has 6 nitrogen and oxygen atoms in total. The molecule has 2 aromatic carbocycles. The number of carbonyl (C=O) groups excluding carboxylic acids is 1. The van der Waals surface area contributed by atoms with E-state index in [2.05, 4.69) is 10.1 Å². The molecule has 2 aromatic heterocycles. The standard InChI is InChI=1S/C23H22N4O2/c1-16-19(17(2)27(25-16)18-9-5-4-6-10-18)15-26(3)23(28)14-13-22-24-20-11-7-8-12-21(20)29-22/h4-14H,15H2,1-3H3/b14-13+. The van der Waals surface area contributed by atoms with Crippen molar-refractivity contribution in [3.8, 4) is 5.69 Å². The normalized spacial score (nSPS) is 11.4. The van der Waals surface area contributed by atoms with Gasteiger partial charge in [-0.3, -0.25) is 4.79 Å². The highest BCUT2D eigenvalue weighted by molar-refractivity contribution is 5.91. The Morgan fingerprint density at radius 1 is 1.10 bits per heavy atom. The molecule has 0 saturated heterocycles. The fourth-order valence-corrected chi connectivity index (χ4v) is 3.27. The van der Waals surface area contributed by atoms with Crippen LogP contribution in [-0.2, 0) is 11.3 Å². The van der Waals surface area contributed by atoms with E-state index in [0.29, 0.717) is 18.0 Å². The summed E-state index contributed by atoms with van der Waals surface area (Å²) in [6.07, 6.45) is 3.09. The number of benzene rings is 2. The van der Waals surface area contributed by atoms with Gasteiger partial charge in [0.05, 0.1) is 11.4 Å². The van der Waals surface area contributed by atoms with Crippen LogP contribution in [0.1, 0.15) is 22.8 Å². The van der Waals surface area contributed by atoms with E-state index in [0.717, 1.165) is 28.2 Å². The van der Waals surface area contributed by atoms with E-state index in [1.807, 2.05) is 73.1 Å². The first-order valence-corrected chi connectivity index (χ1v) is 9.42. The summed E-state index contributed by atoms with van der Waals surface area (Å²) in [6, 6.07) is 17.5. The lowest BCUT2D eigenvalue weighted by Crippen LogP contribution is -2.24. The third-order valence-electron chi connectivity index (χ3n) is 4.89. The van der Waals surface area contributed by atoms with E-state index in [1.54, 1.807) is 18.0 Å². The molecular formula is C23H22N4O2. The monoisotopic (exact) mass is 386 g/mol. The van der Waals surface area contributed by atoms with Gasteiger partial charge >= 0.3 is 0 Å². The van der Waals surface area contributed by atoms with E-state index in [1.165, 1.54) is 6.08 Å². The highest BCUT2D eigenvalue weighted by Crippen LogP contribution is 2.20. The lowest BCUT2D eigenvalue weighted by molar-refractivity contribution is -0.125. The number of hydrogen-bond donors (Lipinski definition) is 0. The van der Waals surface area contributed by atoms with Gasteiger partial charge in [0.25, 0.3) is 0 Å². The maximum absolute atomic E-state index is 12.6. The number of amides is 1. The minimum atomic E-state index is -0.126. The van der Waals surface area contributed by atoms with Crippen molar-refractivity contribution in [3.05, 3.63) is 83.5 Å². The Morgan fingerprint density at radius 2 is 1.83 bits per heavy atom. The average Bonchev–Trinajstić information content (AvgIpc) is 3.28. The number of para-hydroxylation sites is 3. The lowest BCUT2D eigenvalue weighted by Gasteiger charge is -2.15. The third kappa shape index (κ3) is 3.82. The molecule has 0 radical (unpaired) electrons. The fourth-order valence-electron chi connectivity index (χ4n) is 3.27.